The lowest BCUT2D eigenvalue weighted by Gasteiger charge is -2.11. The number of aromatic nitrogens is 5. The Morgan fingerprint density at radius 3 is 2.59 bits per heavy atom. The molecule has 0 spiro atoms. The number of benzene rings is 2. The molecule has 0 amide bonds. The van der Waals surface area contributed by atoms with Crippen LogP contribution >= 0.6 is 11.8 Å². The molecule has 0 aliphatic carbocycles. The van der Waals surface area contributed by atoms with E-state index >= 15 is 0 Å². The topological polar surface area (TPSA) is 76.5 Å². The number of H-pyrrole nitrogens is 1. The lowest BCUT2D eigenvalue weighted by atomic mass is 10.1. The van der Waals surface area contributed by atoms with E-state index in [9.17, 15) is 4.79 Å². The third-order valence-corrected chi connectivity index (χ3v) is 5.59. The summed E-state index contributed by atoms with van der Waals surface area (Å²) in [6.07, 6.45) is 0. The van der Waals surface area contributed by atoms with Gasteiger partial charge >= 0.3 is 0 Å². The number of hydrogen-bond acceptors (Lipinski definition) is 5. The predicted molar refractivity (Wildman–Crippen MR) is 108 cm³/mol. The lowest BCUT2D eigenvalue weighted by Crippen LogP contribution is -2.13. The van der Waals surface area contributed by atoms with Crippen molar-refractivity contribution in [2.75, 3.05) is 0 Å². The van der Waals surface area contributed by atoms with Gasteiger partial charge in [0.25, 0.3) is 5.56 Å². The molecule has 2 aromatic carbocycles. The molecule has 6 nitrogen and oxygen atoms in total. The third kappa shape index (κ3) is 3.38. The van der Waals surface area contributed by atoms with Gasteiger partial charge in [-0.25, -0.2) is 4.98 Å². The molecule has 0 saturated carbocycles. The van der Waals surface area contributed by atoms with Crippen molar-refractivity contribution in [1.82, 2.24) is 24.7 Å². The number of nitrogens with zero attached hydrogens (tertiary/aromatic N) is 4. The van der Waals surface area contributed by atoms with E-state index in [1.807, 2.05) is 48.9 Å². The van der Waals surface area contributed by atoms with Crippen LogP contribution in [-0.4, -0.2) is 24.7 Å². The van der Waals surface area contributed by atoms with Gasteiger partial charge < -0.3 is 9.55 Å². The summed E-state index contributed by atoms with van der Waals surface area (Å²) >= 11 is 1.52. The highest BCUT2D eigenvalue weighted by Gasteiger charge is 2.17. The maximum absolute atomic E-state index is 12.3. The molecular weight excluding hydrogens is 358 g/mol. The van der Waals surface area contributed by atoms with E-state index in [1.54, 1.807) is 6.07 Å². The number of aromatic amines is 1. The molecule has 7 heteroatoms. The van der Waals surface area contributed by atoms with Crippen LogP contribution in [0.5, 0.6) is 0 Å². The largest absolute Gasteiger partial charge is 0.309 e. The summed E-state index contributed by atoms with van der Waals surface area (Å²) in [5.74, 6) is 1.44. The molecular formula is C20H19N5OS. The van der Waals surface area contributed by atoms with Crippen LogP contribution in [-0.2, 0) is 7.05 Å². The zero-order chi connectivity index (χ0) is 19.0. The first-order valence-corrected chi connectivity index (χ1v) is 9.53. The Labute approximate surface area is 160 Å². The second-order valence-corrected chi connectivity index (χ2v) is 7.77. The molecule has 0 unspecified atom stereocenters. The van der Waals surface area contributed by atoms with E-state index in [1.165, 1.54) is 17.3 Å². The van der Waals surface area contributed by atoms with Gasteiger partial charge in [-0.1, -0.05) is 53.7 Å². The summed E-state index contributed by atoms with van der Waals surface area (Å²) in [7, 11) is 1.95. The average Bonchev–Trinajstić information content (AvgIpc) is 3.03. The molecule has 2 heterocycles. The van der Waals surface area contributed by atoms with Crippen LogP contribution in [0.15, 0.2) is 58.5 Å². The van der Waals surface area contributed by atoms with Crippen molar-refractivity contribution in [3.8, 4) is 11.4 Å². The molecule has 136 valence electrons. The number of hydrogen-bond donors (Lipinski definition) is 1. The molecule has 0 aliphatic heterocycles. The van der Waals surface area contributed by atoms with Crippen molar-refractivity contribution in [2.45, 2.75) is 24.3 Å². The van der Waals surface area contributed by atoms with E-state index in [-0.39, 0.29) is 10.8 Å². The fourth-order valence-corrected chi connectivity index (χ4v) is 3.75. The summed E-state index contributed by atoms with van der Waals surface area (Å²) < 4.78 is 1.96. The average molecular weight is 377 g/mol. The first-order valence-electron chi connectivity index (χ1n) is 8.65. The van der Waals surface area contributed by atoms with Crippen LogP contribution in [0, 0.1) is 6.92 Å². The summed E-state index contributed by atoms with van der Waals surface area (Å²) in [4.78, 5) is 19.8. The van der Waals surface area contributed by atoms with Crippen molar-refractivity contribution in [2.24, 2.45) is 7.05 Å². The highest BCUT2D eigenvalue weighted by atomic mass is 32.2. The molecule has 1 N–H and O–H groups in total. The van der Waals surface area contributed by atoms with E-state index < -0.39 is 0 Å². The van der Waals surface area contributed by atoms with Crippen molar-refractivity contribution in [3.63, 3.8) is 0 Å². The Bertz CT molecular complexity index is 1160. The number of aryl methyl sites for hydroxylation is 1. The molecule has 1 atom stereocenters. The second kappa shape index (κ2) is 7.00. The van der Waals surface area contributed by atoms with Gasteiger partial charge in [-0.3, -0.25) is 4.79 Å². The van der Waals surface area contributed by atoms with Gasteiger partial charge in [0.15, 0.2) is 11.0 Å². The Morgan fingerprint density at radius 2 is 1.81 bits per heavy atom. The van der Waals surface area contributed by atoms with Crippen molar-refractivity contribution >= 4 is 22.7 Å². The molecule has 4 aromatic rings. The third-order valence-electron chi connectivity index (χ3n) is 4.44. The number of para-hydroxylation sites is 1. The van der Waals surface area contributed by atoms with Crippen LogP contribution in [0.4, 0.5) is 0 Å². The first-order chi connectivity index (χ1) is 13.0. The smallest absolute Gasteiger partial charge is 0.258 e. The van der Waals surface area contributed by atoms with Gasteiger partial charge in [0.1, 0.15) is 5.82 Å². The molecule has 4 rings (SSSR count). The molecule has 2 aromatic heterocycles. The maximum atomic E-state index is 12.3. The zero-order valence-corrected chi connectivity index (χ0v) is 16.1. The Kier molecular flexibility index (Phi) is 4.53. The Hall–Kier alpha value is -2.93. The number of fused-ring (bicyclic) bond motifs is 1. The van der Waals surface area contributed by atoms with Crippen molar-refractivity contribution in [3.05, 3.63) is 70.3 Å². The first kappa shape index (κ1) is 17.5. The minimum Gasteiger partial charge on any atom is -0.309 e. The van der Waals surface area contributed by atoms with E-state index in [2.05, 4.69) is 39.2 Å². The molecule has 0 fully saturated rings. The van der Waals surface area contributed by atoms with E-state index in [0.29, 0.717) is 16.7 Å². The normalized spacial score (nSPS) is 12.4. The minimum absolute atomic E-state index is 0.0731. The highest BCUT2D eigenvalue weighted by Crippen LogP contribution is 2.33. The second-order valence-electron chi connectivity index (χ2n) is 6.46. The van der Waals surface area contributed by atoms with Gasteiger partial charge in [-0.2, -0.15) is 0 Å². The SMILES string of the molecule is Cc1ccc(-c2nnc(S[C@H](C)c3nc4ccccc4c(=O)[nH]3)n2C)cc1. The van der Waals surface area contributed by atoms with Crippen LogP contribution in [0.3, 0.4) is 0 Å². The number of thioether (sulfide) groups is 1. The van der Waals surface area contributed by atoms with Crippen LogP contribution in [0.2, 0.25) is 0 Å². The summed E-state index contributed by atoms with van der Waals surface area (Å²) in [6, 6.07) is 15.5. The molecule has 0 radical (unpaired) electrons. The van der Waals surface area contributed by atoms with E-state index in [0.717, 1.165) is 16.5 Å². The van der Waals surface area contributed by atoms with Crippen LogP contribution in [0.1, 0.15) is 23.6 Å². The molecule has 0 aliphatic rings. The summed E-state index contributed by atoms with van der Waals surface area (Å²) in [5.41, 5.74) is 2.80. The quantitative estimate of drug-likeness (QED) is 0.546. The fourth-order valence-electron chi connectivity index (χ4n) is 2.88. The predicted octanol–water partition coefficient (Wildman–Crippen LogP) is 3.88. The van der Waals surface area contributed by atoms with Gasteiger partial charge in [0.2, 0.25) is 0 Å². The fraction of sp³-hybridized carbons (Fsp3) is 0.200. The van der Waals surface area contributed by atoms with Crippen LogP contribution < -0.4 is 5.56 Å². The van der Waals surface area contributed by atoms with Crippen molar-refractivity contribution in [1.29, 1.82) is 0 Å². The minimum atomic E-state index is -0.124. The van der Waals surface area contributed by atoms with Gasteiger partial charge in [-0.05, 0) is 26.0 Å². The van der Waals surface area contributed by atoms with Gasteiger partial charge in [-0.15, -0.1) is 10.2 Å². The monoisotopic (exact) mass is 377 g/mol. The Balaban J connectivity index is 1.63. The van der Waals surface area contributed by atoms with E-state index in [4.69, 9.17) is 0 Å². The molecule has 0 saturated heterocycles. The Morgan fingerprint density at radius 1 is 1.07 bits per heavy atom. The van der Waals surface area contributed by atoms with Crippen LogP contribution in [0.25, 0.3) is 22.3 Å². The van der Waals surface area contributed by atoms with Crippen molar-refractivity contribution < 1.29 is 0 Å². The summed E-state index contributed by atoms with van der Waals surface area (Å²) in [5, 5.41) is 9.95. The van der Waals surface area contributed by atoms with Gasteiger partial charge in [0, 0.05) is 12.6 Å². The highest BCUT2D eigenvalue weighted by molar-refractivity contribution is 7.99. The molecule has 0 bridgehead atoms. The lowest BCUT2D eigenvalue weighted by molar-refractivity contribution is 0.786. The summed E-state index contributed by atoms with van der Waals surface area (Å²) in [6.45, 7) is 4.05. The molecule has 27 heavy (non-hydrogen) atoms. The van der Waals surface area contributed by atoms with Gasteiger partial charge in [0.05, 0.1) is 16.2 Å². The number of nitrogens with one attached hydrogen (secondary N) is 1. The standard InChI is InChI=1S/C20H19N5OS/c1-12-8-10-14(11-9-12)18-23-24-20(25(18)3)27-13(2)17-21-16-7-5-4-6-15(16)19(26)22-17/h4-11,13H,1-3H3,(H,21,22,26)/t13-/m1/s1. The maximum Gasteiger partial charge on any atom is 0.258 e. The zero-order valence-electron chi connectivity index (χ0n) is 15.3. The number of rotatable bonds is 4.